The molecule has 22 heavy (non-hydrogen) atoms. The van der Waals surface area contributed by atoms with Crippen LogP contribution in [0.1, 0.15) is 13.8 Å². The van der Waals surface area contributed by atoms with Crippen molar-refractivity contribution >= 4 is 16.8 Å². The van der Waals surface area contributed by atoms with Crippen LogP contribution in [0.25, 0.3) is 10.9 Å². The zero-order valence-electron chi connectivity index (χ0n) is 12.7. The maximum Gasteiger partial charge on any atom is 0.260 e. The van der Waals surface area contributed by atoms with Gasteiger partial charge in [0.1, 0.15) is 6.33 Å². The Morgan fingerprint density at radius 3 is 2.77 bits per heavy atom. The van der Waals surface area contributed by atoms with Crippen LogP contribution in [0.2, 0.25) is 0 Å². The van der Waals surface area contributed by atoms with Crippen LogP contribution in [0, 0.1) is 0 Å². The molecule has 6 heteroatoms. The van der Waals surface area contributed by atoms with Crippen molar-refractivity contribution in [3.05, 3.63) is 30.6 Å². The van der Waals surface area contributed by atoms with Gasteiger partial charge in [-0.15, -0.1) is 0 Å². The highest BCUT2D eigenvalue weighted by atomic mass is 16.5. The Kier molecular flexibility index (Phi) is 4.20. The molecule has 1 amide bonds. The summed E-state index contributed by atoms with van der Waals surface area (Å²) in [6.45, 7) is 5.10. The highest BCUT2D eigenvalue weighted by molar-refractivity contribution is 5.84. The Morgan fingerprint density at radius 2 is 2.00 bits per heavy atom. The van der Waals surface area contributed by atoms with Crippen molar-refractivity contribution in [1.29, 1.82) is 0 Å². The largest absolute Gasteiger partial charge is 0.467 e. The summed E-state index contributed by atoms with van der Waals surface area (Å²) in [4.78, 5) is 22.4. The molecule has 1 aliphatic heterocycles. The van der Waals surface area contributed by atoms with Gasteiger partial charge in [-0.2, -0.15) is 0 Å². The van der Waals surface area contributed by atoms with Crippen LogP contribution in [0.3, 0.4) is 0 Å². The molecule has 1 aromatic heterocycles. The Labute approximate surface area is 129 Å². The van der Waals surface area contributed by atoms with Gasteiger partial charge in [0, 0.05) is 13.1 Å². The first kappa shape index (κ1) is 14.7. The summed E-state index contributed by atoms with van der Waals surface area (Å²) in [6.07, 6.45) is 1.54. The SMILES string of the molecule is C[C@@H]1CN(C(=O)COc2ncnc3ccccc23)C[C@H](C)O1. The van der Waals surface area contributed by atoms with Gasteiger partial charge >= 0.3 is 0 Å². The predicted molar refractivity (Wildman–Crippen MR) is 81.6 cm³/mol. The number of morpholine rings is 1. The maximum atomic E-state index is 12.3. The van der Waals surface area contributed by atoms with Crippen molar-refractivity contribution in [3.63, 3.8) is 0 Å². The van der Waals surface area contributed by atoms with E-state index in [4.69, 9.17) is 9.47 Å². The monoisotopic (exact) mass is 301 g/mol. The number of aromatic nitrogens is 2. The third kappa shape index (κ3) is 3.17. The van der Waals surface area contributed by atoms with Crippen molar-refractivity contribution in [1.82, 2.24) is 14.9 Å². The van der Waals surface area contributed by atoms with E-state index in [1.807, 2.05) is 38.1 Å². The molecule has 2 atom stereocenters. The number of hydrogen-bond acceptors (Lipinski definition) is 5. The minimum absolute atomic E-state index is 0.0273. The van der Waals surface area contributed by atoms with Crippen molar-refractivity contribution in [2.24, 2.45) is 0 Å². The second-order valence-electron chi connectivity index (χ2n) is 5.54. The number of carbonyl (C=O) groups is 1. The van der Waals surface area contributed by atoms with Crippen LogP contribution in [-0.4, -0.2) is 52.7 Å². The van der Waals surface area contributed by atoms with E-state index in [0.717, 1.165) is 10.9 Å². The number of fused-ring (bicyclic) bond motifs is 1. The summed E-state index contributed by atoms with van der Waals surface area (Å²) in [5.41, 5.74) is 0.800. The molecule has 0 aliphatic carbocycles. The predicted octanol–water partition coefficient (Wildman–Crippen LogP) is 1.64. The Balaban J connectivity index is 1.67. The highest BCUT2D eigenvalue weighted by Gasteiger charge is 2.26. The molecule has 1 fully saturated rings. The number of para-hydroxylation sites is 1. The number of carbonyl (C=O) groups excluding carboxylic acids is 1. The zero-order chi connectivity index (χ0) is 15.5. The lowest BCUT2D eigenvalue weighted by atomic mass is 10.2. The Hall–Kier alpha value is -2.21. The molecule has 0 saturated carbocycles. The van der Waals surface area contributed by atoms with Gasteiger partial charge in [0.05, 0.1) is 23.1 Å². The summed E-state index contributed by atoms with van der Waals surface area (Å²) in [7, 11) is 0. The van der Waals surface area contributed by atoms with E-state index in [0.29, 0.717) is 19.0 Å². The lowest BCUT2D eigenvalue weighted by molar-refractivity contribution is -0.145. The van der Waals surface area contributed by atoms with Crippen LogP contribution in [0.4, 0.5) is 0 Å². The molecule has 0 unspecified atom stereocenters. The molecule has 3 rings (SSSR count). The van der Waals surface area contributed by atoms with Crippen molar-refractivity contribution in [2.45, 2.75) is 26.1 Å². The molecule has 1 saturated heterocycles. The first-order chi connectivity index (χ1) is 10.6. The molecule has 0 bridgehead atoms. The summed E-state index contributed by atoms with van der Waals surface area (Å²) < 4.78 is 11.3. The van der Waals surface area contributed by atoms with Gasteiger partial charge < -0.3 is 14.4 Å². The van der Waals surface area contributed by atoms with E-state index >= 15 is 0 Å². The van der Waals surface area contributed by atoms with Gasteiger partial charge in [-0.25, -0.2) is 9.97 Å². The maximum absolute atomic E-state index is 12.3. The van der Waals surface area contributed by atoms with Crippen LogP contribution in [0.15, 0.2) is 30.6 Å². The van der Waals surface area contributed by atoms with E-state index < -0.39 is 0 Å². The molecule has 1 aromatic carbocycles. The second kappa shape index (κ2) is 6.27. The van der Waals surface area contributed by atoms with Gasteiger partial charge in [-0.3, -0.25) is 4.79 Å². The molecule has 0 radical (unpaired) electrons. The van der Waals surface area contributed by atoms with Gasteiger partial charge in [-0.1, -0.05) is 12.1 Å². The molecular weight excluding hydrogens is 282 g/mol. The lowest BCUT2D eigenvalue weighted by Crippen LogP contribution is -2.49. The second-order valence-corrected chi connectivity index (χ2v) is 5.54. The van der Waals surface area contributed by atoms with Crippen LogP contribution in [-0.2, 0) is 9.53 Å². The first-order valence-electron chi connectivity index (χ1n) is 7.39. The fraction of sp³-hybridized carbons (Fsp3) is 0.438. The van der Waals surface area contributed by atoms with Crippen molar-refractivity contribution in [3.8, 4) is 5.88 Å². The fourth-order valence-electron chi connectivity index (χ4n) is 2.70. The van der Waals surface area contributed by atoms with Gasteiger partial charge in [0.2, 0.25) is 5.88 Å². The third-order valence-corrected chi connectivity index (χ3v) is 3.61. The van der Waals surface area contributed by atoms with Gasteiger partial charge in [0.25, 0.3) is 5.91 Å². The topological polar surface area (TPSA) is 64.6 Å². The molecular formula is C16H19N3O3. The van der Waals surface area contributed by atoms with Crippen molar-refractivity contribution in [2.75, 3.05) is 19.7 Å². The molecule has 0 spiro atoms. The first-order valence-corrected chi connectivity index (χ1v) is 7.39. The van der Waals surface area contributed by atoms with E-state index in [9.17, 15) is 4.79 Å². The average molecular weight is 301 g/mol. The fourth-order valence-corrected chi connectivity index (χ4v) is 2.70. The lowest BCUT2D eigenvalue weighted by Gasteiger charge is -2.35. The average Bonchev–Trinajstić information content (AvgIpc) is 2.51. The Morgan fingerprint density at radius 1 is 1.27 bits per heavy atom. The standard InChI is InChI=1S/C16H19N3O3/c1-11-7-19(8-12(2)22-11)15(20)9-21-16-13-5-3-4-6-14(13)17-10-18-16/h3-6,10-12H,7-9H2,1-2H3/t11-,12+. The van der Waals surface area contributed by atoms with E-state index in [2.05, 4.69) is 9.97 Å². The number of hydrogen-bond donors (Lipinski definition) is 0. The molecule has 6 nitrogen and oxygen atoms in total. The number of amides is 1. The van der Waals surface area contributed by atoms with Gasteiger partial charge in [-0.05, 0) is 26.0 Å². The highest BCUT2D eigenvalue weighted by Crippen LogP contribution is 2.20. The summed E-state index contributed by atoms with van der Waals surface area (Å²) in [5.74, 6) is 0.387. The Bertz CT molecular complexity index is 661. The third-order valence-electron chi connectivity index (χ3n) is 3.61. The smallest absolute Gasteiger partial charge is 0.260 e. The van der Waals surface area contributed by atoms with Crippen LogP contribution >= 0.6 is 0 Å². The van der Waals surface area contributed by atoms with Crippen molar-refractivity contribution < 1.29 is 14.3 Å². The molecule has 116 valence electrons. The number of ether oxygens (including phenoxy) is 2. The summed E-state index contributed by atoms with van der Waals surface area (Å²) in [6, 6.07) is 7.57. The number of benzene rings is 1. The van der Waals surface area contributed by atoms with E-state index in [1.54, 1.807) is 4.90 Å². The van der Waals surface area contributed by atoms with E-state index in [1.165, 1.54) is 6.33 Å². The summed E-state index contributed by atoms with van der Waals surface area (Å²) >= 11 is 0. The molecule has 1 aliphatic rings. The normalized spacial score (nSPS) is 21.8. The molecule has 2 aromatic rings. The van der Waals surface area contributed by atoms with Gasteiger partial charge in [0.15, 0.2) is 6.61 Å². The zero-order valence-corrected chi connectivity index (χ0v) is 12.7. The number of nitrogens with zero attached hydrogens (tertiary/aromatic N) is 3. The minimum Gasteiger partial charge on any atom is -0.467 e. The summed E-state index contributed by atoms with van der Waals surface area (Å²) in [5, 5.41) is 0.807. The number of rotatable bonds is 3. The molecule has 0 N–H and O–H groups in total. The quantitative estimate of drug-likeness (QED) is 0.862. The van der Waals surface area contributed by atoms with Crippen LogP contribution < -0.4 is 4.74 Å². The van der Waals surface area contributed by atoms with Crippen LogP contribution in [0.5, 0.6) is 5.88 Å². The minimum atomic E-state index is -0.0512. The van der Waals surface area contributed by atoms with E-state index in [-0.39, 0.29) is 24.7 Å². The molecule has 2 heterocycles.